The molecule has 1 heterocycles. The summed E-state index contributed by atoms with van der Waals surface area (Å²) >= 11 is 0. The van der Waals surface area contributed by atoms with Crippen LogP contribution < -0.4 is 4.72 Å². The largest absolute Gasteiger partial charge is 0.465 e. The predicted octanol–water partition coefficient (Wildman–Crippen LogP) is 3.08. The van der Waals surface area contributed by atoms with Gasteiger partial charge in [0.2, 0.25) is 0 Å². The standard InChI is InChI=1S/C19H19N3O4S/c1-13-11-15(19(23)26-3)9-10-17(13)27(24,25)21-18-12-14(2)20-22(18)16-7-5-4-6-8-16/h4-12,21H,1-3H3. The Morgan fingerprint density at radius 1 is 1.07 bits per heavy atom. The van der Waals surface area contributed by atoms with Gasteiger partial charge in [-0.3, -0.25) is 4.72 Å². The van der Waals surface area contributed by atoms with Crippen LogP contribution in [-0.4, -0.2) is 31.3 Å². The summed E-state index contributed by atoms with van der Waals surface area (Å²) in [7, 11) is -2.60. The van der Waals surface area contributed by atoms with Crippen molar-refractivity contribution < 1.29 is 17.9 Å². The summed E-state index contributed by atoms with van der Waals surface area (Å²) in [4.78, 5) is 11.7. The van der Waals surface area contributed by atoms with E-state index in [2.05, 4.69) is 14.6 Å². The van der Waals surface area contributed by atoms with Crippen LogP contribution in [0.4, 0.5) is 5.82 Å². The van der Waals surface area contributed by atoms with Gasteiger partial charge in [-0.2, -0.15) is 5.10 Å². The van der Waals surface area contributed by atoms with E-state index >= 15 is 0 Å². The third-order valence-electron chi connectivity index (χ3n) is 3.96. The number of carbonyl (C=O) groups excluding carboxylic acids is 1. The van der Waals surface area contributed by atoms with Crippen molar-refractivity contribution >= 4 is 21.8 Å². The first-order valence-corrected chi connectivity index (χ1v) is 9.64. The van der Waals surface area contributed by atoms with Gasteiger partial charge in [-0.25, -0.2) is 17.9 Å². The number of anilines is 1. The van der Waals surface area contributed by atoms with Crippen LogP contribution in [0.15, 0.2) is 59.5 Å². The summed E-state index contributed by atoms with van der Waals surface area (Å²) in [5, 5.41) is 4.36. The van der Waals surface area contributed by atoms with Crippen LogP contribution in [0.3, 0.4) is 0 Å². The van der Waals surface area contributed by atoms with Crippen molar-refractivity contribution in [1.82, 2.24) is 9.78 Å². The number of sulfonamides is 1. The van der Waals surface area contributed by atoms with Gasteiger partial charge in [0.15, 0.2) is 0 Å². The summed E-state index contributed by atoms with van der Waals surface area (Å²) in [6, 6.07) is 15.2. The molecule has 0 amide bonds. The molecule has 3 rings (SSSR count). The maximum absolute atomic E-state index is 12.9. The van der Waals surface area contributed by atoms with E-state index < -0.39 is 16.0 Å². The Kier molecular flexibility index (Phi) is 5.00. The van der Waals surface area contributed by atoms with Gasteiger partial charge in [0.1, 0.15) is 5.82 Å². The number of hydrogen-bond donors (Lipinski definition) is 1. The number of nitrogens with zero attached hydrogens (tertiary/aromatic N) is 2. The van der Waals surface area contributed by atoms with Gasteiger partial charge in [0.05, 0.1) is 29.0 Å². The van der Waals surface area contributed by atoms with Gasteiger partial charge in [-0.1, -0.05) is 18.2 Å². The van der Waals surface area contributed by atoms with Crippen LogP contribution in [0.2, 0.25) is 0 Å². The zero-order chi connectivity index (χ0) is 19.6. The van der Waals surface area contributed by atoms with E-state index in [-0.39, 0.29) is 4.90 Å². The topological polar surface area (TPSA) is 90.3 Å². The maximum Gasteiger partial charge on any atom is 0.337 e. The molecule has 140 valence electrons. The quantitative estimate of drug-likeness (QED) is 0.682. The summed E-state index contributed by atoms with van der Waals surface area (Å²) in [5.41, 5.74) is 2.14. The number of para-hydroxylation sites is 1. The van der Waals surface area contributed by atoms with Crippen molar-refractivity contribution in [2.75, 3.05) is 11.8 Å². The van der Waals surface area contributed by atoms with Crippen LogP contribution in [0.5, 0.6) is 0 Å². The Hall–Kier alpha value is -3.13. The van der Waals surface area contributed by atoms with Crippen molar-refractivity contribution in [2.45, 2.75) is 18.7 Å². The van der Waals surface area contributed by atoms with Crippen LogP contribution in [0.1, 0.15) is 21.6 Å². The molecule has 7 nitrogen and oxygen atoms in total. The number of esters is 1. The molecule has 0 radical (unpaired) electrons. The zero-order valence-corrected chi connectivity index (χ0v) is 15.9. The third kappa shape index (κ3) is 3.85. The van der Waals surface area contributed by atoms with Crippen molar-refractivity contribution in [3.05, 3.63) is 71.4 Å². The first-order chi connectivity index (χ1) is 12.8. The van der Waals surface area contributed by atoms with Crippen molar-refractivity contribution in [1.29, 1.82) is 0 Å². The molecule has 0 fully saturated rings. The Bertz CT molecular complexity index is 1090. The number of hydrogen-bond acceptors (Lipinski definition) is 5. The van der Waals surface area contributed by atoms with Gasteiger partial charge in [0.25, 0.3) is 10.0 Å². The number of methoxy groups -OCH3 is 1. The zero-order valence-electron chi connectivity index (χ0n) is 15.1. The van der Waals surface area contributed by atoms with Crippen molar-refractivity contribution in [2.24, 2.45) is 0 Å². The monoisotopic (exact) mass is 385 g/mol. The number of aromatic nitrogens is 2. The lowest BCUT2D eigenvalue weighted by atomic mass is 10.1. The second-order valence-electron chi connectivity index (χ2n) is 6.00. The summed E-state index contributed by atoms with van der Waals surface area (Å²) in [6.07, 6.45) is 0. The molecule has 1 aromatic heterocycles. The molecule has 0 aliphatic heterocycles. The number of aryl methyl sites for hydroxylation is 2. The van der Waals surface area contributed by atoms with Crippen LogP contribution >= 0.6 is 0 Å². The van der Waals surface area contributed by atoms with Gasteiger partial charge < -0.3 is 4.74 Å². The maximum atomic E-state index is 12.9. The van der Waals surface area contributed by atoms with E-state index in [0.29, 0.717) is 22.6 Å². The predicted molar refractivity (Wildman–Crippen MR) is 102 cm³/mol. The Balaban J connectivity index is 1.98. The van der Waals surface area contributed by atoms with Crippen LogP contribution in [0, 0.1) is 13.8 Å². The first-order valence-electron chi connectivity index (χ1n) is 8.15. The summed E-state index contributed by atoms with van der Waals surface area (Å²) in [6.45, 7) is 3.41. The van der Waals surface area contributed by atoms with Crippen LogP contribution in [0.25, 0.3) is 5.69 Å². The molecule has 3 aromatic rings. The van der Waals surface area contributed by atoms with E-state index in [0.717, 1.165) is 5.69 Å². The summed E-state index contributed by atoms with van der Waals surface area (Å²) in [5.74, 6) is -0.192. The highest BCUT2D eigenvalue weighted by Gasteiger charge is 2.21. The fourth-order valence-corrected chi connectivity index (χ4v) is 3.99. The third-order valence-corrected chi connectivity index (χ3v) is 5.47. The molecule has 8 heteroatoms. The second-order valence-corrected chi connectivity index (χ2v) is 7.65. The molecule has 0 aliphatic carbocycles. The lowest BCUT2D eigenvalue weighted by molar-refractivity contribution is 0.0600. The molecule has 0 unspecified atom stereocenters. The van der Waals surface area contributed by atoms with E-state index in [4.69, 9.17) is 0 Å². The highest BCUT2D eigenvalue weighted by Crippen LogP contribution is 2.23. The molecule has 0 bridgehead atoms. The molecule has 2 aromatic carbocycles. The van der Waals surface area contributed by atoms with Crippen molar-refractivity contribution in [3.63, 3.8) is 0 Å². The summed E-state index contributed by atoms with van der Waals surface area (Å²) < 4.78 is 34.6. The Labute approximate surface area is 157 Å². The highest BCUT2D eigenvalue weighted by atomic mass is 32.2. The molecular weight excluding hydrogens is 366 g/mol. The van der Waals surface area contributed by atoms with E-state index in [9.17, 15) is 13.2 Å². The first kappa shape index (κ1) is 18.7. The average molecular weight is 385 g/mol. The molecule has 0 spiro atoms. The lowest BCUT2D eigenvalue weighted by Crippen LogP contribution is -2.17. The number of benzene rings is 2. The second kappa shape index (κ2) is 7.24. The molecule has 27 heavy (non-hydrogen) atoms. The number of nitrogens with one attached hydrogen (secondary N) is 1. The highest BCUT2D eigenvalue weighted by molar-refractivity contribution is 7.92. The average Bonchev–Trinajstić information content (AvgIpc) is 3.00. The molecular formula is C19H19N3O4S. The number of ether oxygens (including phenoxy) is 1. The van der Waals surface area contributed by atoms with E-state index in [1.165, 1.54) is 30.0 Å². The Morgan fingerprint density at radius 2 is 1.78 bits per heavy atom. The van der Waals surface area contributed by atoms with Gasteiger partial charge in [0, 0.05) is 6.07 Å². The Morgan fingerprint density at radius 3 is 2.41 bits per heavy atom. The minimum atomic E-state index is -3.87. The fraction of sp³-hybridized carbons (Fsp3) is 0.158. The van der Waals surface area contributed by atoms with Crippen molar-refractivity contribution in [3.8, 4) is 5.69 Å². The molecule has 1 N–H and O–H groups in total. The van der Waals surface area contributed by atoms with E-state index in [1.54, 1.807) is 19.9 Å². The molecule has 0 saturated carbocycles. The smallest absolute Gasteiger partial charge is 0.337 e. The van der Waals surface area contributed by atoms with Crippen LogP contribution in [-0.2, 0) is 14.8 Å². The van der Waals surface area contributed by atoms with E-state index in [1.807, 2.05) is 30.3 Å². The van der Waals surface area contributed by atoms with Gasteiger partial charge in [-0.15, -0.1) is 0 Å². The lowest BCUT2D eigenvalue weighted by Gasteiger charge is -2.12. The van der Waals surface area contributed by atoms with Gasteiger partial charge in [-0.05, 0) is 49.7 Å². The normalized spacial score (nSPS) is 11.2. The minimum absolute atomic E-state index is 0.0774. The SMILES string of the molecule is COC(=O)c1ccc(S(=O)(=O)Nc2cc(C)nn2-c2ccccc2)c(C)c1. The fourth-order valence-electron chi connectivity index (χ4n) is 2.73. The molecule has 0 atom stereocenters. The number of rotatable bonds is 5. The molecule has 0 aliphatic rings. The number of carbonyl (C=O) groups is 1. The molecule has 0 saturated heterocycles. The van der Waals surface area contributed by atoms with Gasteiger partial charge >= 0.3 is 5.97 Å². The minimum Gasteiger partial charge on any atom is -0.465 e.